The van der Waals surface area contributed by atoms with E-state index in [1.54, 1.807) is 19.9 Å². The first-order valence-electron chi connectivity index (χ1n) is 5.75. The molecule has 0 fully saturated rings. The molecule has 1 aromatic rings. The molecule has 0 aromatic heterocycles. The Bertz CT molecular complexity index is 522. The fourth-order valence-electron chi connectivity index (χ4n) is 1.54. The Morgan fingerprint density at radius 1 is 1.53 bits per heavy atom. The van der Waals surface area contributed by atoms with Crippen molar-refractivity contribution in [1.82, 2.24) is 0 Å². The van der Waals surface area contributed by atoms with Gasteiger partial charge >= 0.3 is 5.97 Å². The van der Waals surface area contributed by atoms with Crippen LogP contribution in [0.1, 0.15) is 18.9 Å². The van der Waals surface area contributed by atoms with E-state index in [4.69, 9.17) is 9.84 Å². The van der Waals surface area contributed by atoms with Crippen LogP contribution in [0.15, 0.2) is 29.8 Å². The number of benzene rings is 1. The fourth-order valence-corrected chi connectivity index (χ4v) is 1.54. The molecule has 1 aromatic carbocycles. The van der Waals surface area contributed by atoms with Crippen molar-refractivity contribution < 1.29 is 19.6 Å². The molecule has 0 bridgehead atoms. The molecule has 6 heteroatoms. The summed E-state index contributed by atoms with van der Waals surface area (Å²) in [6.45, 7) is 3.48. The number of rotatable bonds is 6. The van der Waals surface area contributed by atoms with Crippen molar-refractivity contribution in [3.8, 4) is 5.75 Å². The summed E-state index contributed by atoms with van der Waals surface area (Å²) in [4.78, 5) is 20.9. The fraction of sp³-hybridized carbons (Fsp3) is 0.308. The topological polar surface area (TPSA) is 89.7 Å². The lowest BCUT2D eigenvalue weighted by Gasteiger charge is -2.05. The van der Waals surface area contributed by atoms with Gasteiger partial charge in [0.05, 0.1) is 4.92 Å². The van der Waals surface area contributed by atoms with Gasteiger partial charge in [-0.1, -0.05) is 6.92 Å². The number of carboxylic acid groups (broad SMARTS) is 1. The Morgan fingerprint density at radius 2 is 2.21 bits per heavy atom. The maximum absolute atomic E-state index is 10.7. The number of nitrogens with zero attached hydrogens (tertiary/aromatic N) is 1. The normalized spacial score (nSPS) is 11.2. The van der Waals surface area contributed by atoms with E-state index in [1.807, 2.05) is 0 Å². The van der Waals surface area contributed by atoms with Crippen LogP contribution in [-0.4, -0.2) is 22.6 Å². The predicted octanol–water partition coefficient (Wildman–Crippen LogP) is 2.70. The number of aryl methyl sites for hydroxylation is 1. The van der Waals surface area contributed by atoms with E-state index in [1.165, 1.54) is 18.2 Å². The highest BCUT2D eigenvalue weighted by Gasteiger charge is 2.10. The third-order valence-electron chi connectivity index (χ3n) is 2.60. The number of hydrogen-bond donors (Lipinski definition) is 1. The largest absolute Gasteiger partial charge is 0.490 e. The van der Waals surface area contributed by atoms with Crippen LogP contribution in [0, 0.1) is 17.0 Å². The molecule has 0 saturated heterocycles. The summed E-state index contributed by atoms with van der Waals surface area (Å²) >= 11 is 0. The molecule has 0 aliphatic carbocycles. The van der Waals surface area contributed by atoms with Gasteiger partial charge in [0.1, 0.15) is 12.4 Å². The zero-order chi connectivity index (χ0) is 14.4. The molecule has 0 aliphatic heterocycles. The van der Waals surface area contributed by atoms with Crippen molar-refractivity contribution in [3.05, 3.63) is 45.5 Å². The standard InChI is InChI=1S/C13H15NO5/c1-3-10(13(15)16)6-7-19-11-4-5-12(14(17)18)9(2)8-11/h4-6,8H,3,7H2,1-2H3,(H,15,16). The van der Waals surface area contributed by atoms with Crippen molar-refractivity contribution in [2.45, 2.75) is 20.3 Å². The molecule has 0 heterocycles. The molecule has 0 radical (unpaired) electrons. The van der Waals surface area contributed by atoms with Crippen molar-refractivity contribution in [3.63, 3.8) is 0 Å². The molecule has 1 N–H and O–H groups in total. The SMILES string of the molecule is CCC(=CCOc1ccc([N+](=O)[O-])c(C)c1)C(=O)O. The van der Waals surface area contributed by atoms with E-state index >= 15 is 0 Å². The second kappa shape index (κ2) is 6.53. The first-order chi connectivity index (χ1) is 8.95. The molecule has 0 amide bonds. The lowest BCUT2D eigenvalue weighted by molar-refractivity contribution is -0.385. The highest BCUT2D eigenvalue weighted by atomic mass is 16.6. The lowest BCUT2D eigenvalue weighted by Crippen LogP contribution is -2.03. The second-order valence-corrected chi connectivity index (χ2v) is 3.90. The molecule has 0 atom stereocenters. The van der Waals surface area contributed by atoms with Crippen LogP contribution in [0.3, 0.4) is 0 Å². The smallest absolute Gasteiger partial charge is 0.331 e. The first-order valence-corrected chi connectivity index (χ1v) is 5.75. The average molecular weight is 265 g/mol. The Balaban J connectivity index is 2.72. The van der Waals surface area contributed by atoms with Crippen LogP contribution < -0.4 is 4.74 Å². The molecule has 0 spiro atoms. The molecule has 6 nitrogen and oxygen atoms in total. The Morgan fingerprint density at radius 3 is 2.68 bits per heavy atom. The number of carbonyl (C=O) groups is 1. The van der Waals surface area contributed by atoms with Gasteiger partial charge in [0.2, 0.25) is 0 Å². The maximum atomic E-state index is 10.7. The zero-order valence-corrected chi connectivity index (χ0v) is 10.8. The number of carboxylic acids is 1. The average Bonchev–Trinajstić information content (AvgIpc) is 2.33. The van der Waals surface area contributed by atoms with E-state index in [0.29, 0.717) is 17.7 Å². The number of hydrogen-bond acceptors (Lipinski definition) is 4. The second-order valence-electron chi connectivity index (χ2n) is 3.90. The van der Waals surface area contributed by atoms with E-state index in [0.717, 1.165) is 0 Å². The Labute approximate surface area is 110 Å². The van der Waals surface area contributed by atoms with Gasteiger partial charge in [0.15, 0.2) is 0 Å². The van der Waals surface area contributed by atoms with Crippen LogP contribution in [0.25, 0.3) is 0 Å². The molecule has 1 rings (SSSR count). The maximum Gasteiger partial charge on any atom is 0.331 e. The minimum Gasteiger partial charge on any atom is -0.490 e. The lowest BCUT2D eigenvalue weighted by atomic mass is 10.2. The first kappa shape index (κ1) is 14.7. The van der Waals surface area contributed by atoms with Crippen molar-refractivity contribution >= 4 is 11.7 Å². The van der Waals surface area contributed by atoms with Gasteiger partial charge in [-0.05, 0) is 31.6 Å². The van der Waals surface area contributed by atoms with Gasteiger partial charge in [0.25, 0.3) is 5.69 Å². The van der Waals surface area contributed by atoms with Crippen molar-refractivity contribution in [2.24, 2.45) is 0 Å². The summed E-state index contributed by atoms with van der Waals surface area (Å²) in [7, 11) is 0. The third kappa shape index (κ3) is 4.09. The van der Waals surface area contributed by atoms with Gasteiger partial charge in [-0.25, -0.2) is 4.79 Å². The quantitative estimate of drug-likeness (QED) is 0.485. The Hall–Kier alpha value is -2.37. The van der Waals surface area contributed by atoms with E-state index < -0.39 is 10.9 Å². The van der Waals surface area contributed by atoms with Gasteiger partial charge in [-0.2, -0.15) is 0 Å². The van der Waals surface area contributed by atoms with Crippen LogP contribution in [0.5, 0.6) is 5.75 Å². The predicted molar refractivity (Wildman–Crippen MR) is 69.3 cm³/mol. The minimum atomic E-state index is -0.967. The summed E-state index contributed by atoms with van der Waals surface area (Å²) in [6.07, 6.45) is 1.90. The number of aliphatic carboxylic acids is 1. The molecule has 102 valence electrons. The van der Waals surface area contributed by atoms with E-state index in [9.17, 15) is 14.9 Å². The summed E-state index contributed by atoms with van der Waals surface area (Å²) in [5.74, 6) is -0.494. The van der Waals surface area contributed by atoms with Crippen molar-refractivity contribution in [1.29, 1.82) is 0 Å². The van der Waals surface area contributed by atoms with E-state index in [-0.39, 0.29) is 17.9 Å². The monoisotopic (exact) mass is 265 g/mol. The number of nitro groups is 1. The Kier molecular flexibility index (Phi) is 5.05. The summed E-state index contributed by atoms with van der Waals surface area (Å²) in [6, 6.07) is 4.41. The van der Waals surface area contributed by atoms with Crippen LogP contribution in [0.2, 0.25) is 0 Å². The van der Waals surface area contributed by atoms with Crippen LogP contribution in [-0.2, 0) is 4.79 Å². The number of ether oxygens (including phenoxy) is 1. The molecular weight excluding hydrogens is 250 g/mol. The molecule has 19 heavy (non-hydrogen) atoms. The van der Waals surface area contributed by atoms with Gasteiger partial charge in [-0.3, -0.25) is 10.1 Å². The summed E-state index contributed by atoms with van der Waals surface area (Å²) < 4.78 is 5.34. The van der Waals surface area contributed by atoms with Gasteiger partial charge in [0, 0.05) is 17.2 Å². The molecular formula is C13H15NO5. The van der Waals surface area contributed by atoms with Crippen LogP contribution in [0.4, 0.5) is 5.69 Å². The highest BCUT2D eigenvalue weighted by molar-refractivity contribution is 5.86. The minimum absolute atomic E-state index is 0.0303. The van der Waals surface area contributed by atoms with Crippen LogP contribution >= 0.6 is 0 Å². The molecule has 0 unspecified atom stereocenters. The summed E-state index contributed by atoms with van der Waals surface area (Å²) in [5.41, 5.74) is 0.807. The zero-order valence-electron chi connectivity index (χ0n) is 10.8. The van der Waals surface area contributed by atoms with Crippen molar-refractivity contribution in [2.75, 3.05) is 6.61 Å². The third-order valence-corrected chi connectivity index (χ3v) is 2.60. The molecule has 0 saturated carbocycles. The highest BCUT2D eigenvalue weighted by Crippen LogP contribution is 2.23. The number of nitro benzene ring substituents is 1. The van der Waals surface area contributed by atoms with Gasteiger partial charge in [-0.15, -0.1) is 0 Å². The van der Waals surface area contributed by atoms with Gasteiger partial charge < -0.3 is 9.84 Å². The van der Waals surface area contributed by atoms with E-state index in [2.05, 4.69) is 0 Å². The molecule has 0 aliphatic rings. The summed E-state index contributed by atoms with van der Waals surface area (Å²) in [5, 5.41) is 19.5.